The zero-order valence-electron chi connectivity index (χ0n) is 11.6. The van der Waals surface area contributed by atoms with E-state index in [1.807, 2.05) is 5.41 Å². The number of fused-ring (bicyclic) bond motifs is 1. The van der Waals surface area contributed by atoms with Crippen molar-refractivity contribution in [1.29, 1.82) is 0 Å². The van der Waals surface area contributed by atoms with E-state index in [1.54, 1.807) is 36.0 Å². The molecule has 0 spiro atoms. The van der Waals surface area contributed by atoms with Crippen molar-refractivity contribution >= 4 is 34.3 Å². The Hall–Kier alpha value is -2.08. The molecule has 2 aliphatic heterocycles. The minimum atomic E-state index is -0.122. The van der Waals surface area contributed by atoms with Crippen molar-refractivity contribution in [3.63, 3.8) is 0 Å². The standard InChI is InChI=1S/C15H15N3O2S/c1-10(19)12-4-2-3-5-13(12)17-14(20)8-11-9-21-15-16-6-7-18(11)15/h2-5,9H,6-8H2,1H3,(H,17,20). The molecule has 0 aromatic heterocycles. The van der Waals surface area contributed by atoms with Crippen LogP contribution in [0.15, 0.2) is 40.4 Å². The lowest BCUT2D eigenvalue weighted by atomic mass is 10.1. The second-order valence-electron chi connectivity index (χ2n) is 4.87. The molecular formula is C15H15N3O2S. The van der Waals surface area contributed by atoms with Crippen LogP contribution in [0.3, 0.4) is 0 Å². The zero-order chi connectivity index (χ0) is 14.8. The number of thioether (sulfide) groups is 1. The van der Waals surface area contributed by atoms with E-state index < -0.39 is 0 Å². The Bertz CT molecular complexity index is 667. The number of anilines is 1. The number of hydrogen-bond acceptors (Lipinski definition) is 5. The van der Waals surface area contributed by atoms with Crippen LogP contribution in [-0.2, 0) is 4.79 Å². The molecular weight excluding hydrogens is 286 g/mol. The van der Waals surface area contributed by atoms with E-state index in [0.717, 1.165) is 24.0 Å². The van der Waals surface area contributed by atoms with Crippen LogP contribution in [0, 0.1) is 0 Å². The fraction of sp³-hybridized carbons (Fsp3) is 0.267. The Morgan fingerprint density at radius 3 is 3.00 bits per heavy atom. The van der Waals surface area contributed by atoms with Gasteiger partial charge in [-0.1, -0.05) is 23.9 Å². The normalized spacial score (nSPS) is 16.3. The number of rotatable bonds is 4. The number of amides is 1. The quantitative estimate of drug-likeness (QED) is 0.868. The molecule has 0 radical (unpaired) electrons. The maximum atomic E-state index is 12.2. The number of para-hydroxylation sites is 1. The minimum Gasteiger partial charge on any atom is -0.325 e. The topological polar surface area (TPSA) is 61.8 Å². The third-order valence-corrected chi connectivity index (χ3v) is 4.32. The molecule has 0 atom stereocenters. The highest BCUT2D eigenvalue weighted by Gasteiger charge is 2.27. The molecule has 1 aromatic rings. The summed E-state index contributed by atoms with van der Waals surface area (Å²) in [5.74, 6) is -0.181. The number of carbonyl (C=O) groups excluding carboxylic acids is 2. The van der Waals surface area contributed by atoms with Gasteiger partial charge < -0.3 is 10.2 Å². The summed E-state index contributed by atoms with van der Waals surface area (Å²) < 4.78 is 0. The van der Waals surface area contributed by atoms with E-state index in [1.165, 1.54) is 6.92 Å². The molecule has 21 heavy (non-hydrogen) atoms. The zero-order valence-corrected chi connectivity index (χ0v) is 12.4. The van der Waals surface area contributed by atoms with Crippen molar-refractivity contribution in [3.05, 3.63) is 40.9 Å². The lowest BCUT2D eigenvalue weighted by Crippen LogP contribution is -2.24. The van der Waals surface area contributed by atoms with Crippen LogP contribution in [0.5, 0.6) is 0 Å². The SMILES string of the molecule is CC(=O)c1ccccc1NC(=O)CC1=CSC2=NCCN12. The molecule has 1 amide bonds. The predicted octanol–water partition coefficient (Wildman–Crippen LogP) is 2.48. The summed E-state index contributed by atoms with van der Waals surface area (Å²) in [6.07, 6.45) is 0.290. The van der Waals surface area contributed by atoms with Gasteiger partial charge in [0.1, 0.15) is 0 Å². The van der Waals surface area contributed by atoms with E-state index in [-0.39, 0.29) is 18.1 Å². The third kappa shape index (κ3) is 2.85. The molecule has 108 valence electrons. The monoisotopic (exact) mass is 301 g/mol. The lowest BCUT2D eigenvalue weighted by Gasteiger charge is -2.16. The first kappa shape index (κ1) is 13.9. The van der Waals surface area contributed by atoms with Crippen LogP contribution in [0.4, 0.5) is 5.69 Å². The highest BCUT2D eigenvalue weighted by molar-refractivity contribution is 8.16. The molecule has 6 heteroatoms. The molecule has 0 saturated heterocycles. The molecule has 0 fully saturated rings. The van der Waals surface area contributed by atoms with E-state index >= 15 is 0 Å². The van der Waals surface area contributed by atoms with E-state index in [2.05, 4.69) is 15.2 Å². The van der Waals surface area contributed by atoms with Crippen molar-refractivity contribution in [3.8, 4) is 0 Å². The van der Waals surface area contributed by atoms with Gasteiger partial charge in [-0.15, -0.1) is 0 Å². The van der Waals surface area contributed by atoms with Gasteiger partial charge in [-0.2, -0.15) is 0 Å². The summed E-state index contributed by atoms with van der Waals surface area (Å²) in [6.45, 7) is 3.12. The first-order chi connectivity index (χ1) is 10.1. The third-order valence-electron chi connectivity index (χ3n) is 3.37. The minimum absolute atomic E-state index is 0.0597. The molecule has 1 N–H and O–H groups in total. The van der Waals surface area contributed by atoms with Gasteiger partial charge in [-0.3, -0.25) is 14.6 Å². The van der Waals surface area contributed by atoms with Gasteiger partial charge in [-0.05, 0) is 24.5 Å². The highest BCUT2D eigenvalue weighted by Crippen LogP contribution is 2.31. The van der Waals surface area contributed by atoms with Crippen molar-refractivity contribution < 1.29 is 9.59 Å². The number of carbonyl (C=O) groups is 2. The smallest absolute Gasteiger partial charge is 0.230 e. The van der Waals surface area contributed by atoms with Gasteiger partial charge in [0.05, 0.1) is 18.7 Å². The summed E-state index contributed by atoms with van der Waals surface area (Å²) >= 11 is 1.56. The largest absolute Gasteiger partial charge is 0.325 e. The Kier molecular flexibility index (Phi) is 3.79. The molecule has 5 nitrogen and oxygen atoms in total. The van der Waals surface area contributed by atoms with Crippen molar-refractivity contribution in [1.82, 2.24) is 4.90 Å². The molecule has 0 bridgehead atoms. The number of nitrogens with zero attached hydrogens (tertiary/aromatic N) is 2. The van der Waals surface area contributed by atoms with Gasteiger partial charge >= 0.3 is 0 Å². The van der Waals surface area contributed by atoms with Crippen LogP contribution >= 0.6 is 11.8 Å². The summed E-state index contributed by atoms with van der Waals surface area (Å²) in [7, 11) is 0. The van der Waals surface area contributed by atoms with Crippen molar-refractivity contribution in [2.75, 3.05) is 18.4 Å². The maximum Gasteiger partial charge on any atom is 0.230 e. The highest BCUT2D eigenvalue weighted by atomic mass is 32.2. The summed E-state index contributed by atoms with van der Waals surface area (Å²) in [5, 5.41) is 5.76. The van der Waals surface area contributed by atoms with Gasteiger partial charge in [0, 0.05) is 17.8 Å². The Morgan fingerprint density at radius 1 is 1.38 bits per heavy atom. The van der Waals surface area contributed by atoms with E-state index in [4.69, 9.17) is 0 Å². The Morgan fingerprint density at radius 2 is 2.19 bits per heavy atom. The van der Waals surface area contributed by atoms with Crippen molar-refractivity contribution in [2.45, 2.75) is 13.3 Å². The lowest BCUT2D eigenvalue weighted by molar-refractivity contribution is -0.115. The van der Waals surface area contributed by atoms with E-state index in [0.29, 0.717) is 11.3 Å². The number of hydrogen-bond donors (Lipinski definition) is 1. The molecule has 3 rings (SSSR count). The van der Waals surface area contributed by atoms with Crippen LogP contribution in [0.25, 0.3) is 0 Å². The average molecular weight is 301 g/mol. The fourth-order valence-electron chi connectivity index (χ4n) is 2.37. The Balaban J connectivity index is 1.68. The number of Topliss-reactive ketones (excluding diaryl/α,β-unsaturated/α-hetero) is 1. The molecule has 0 aliphatic carbocycles. The van der Waals surface area contributed by atoms with Crippen LogP contribution in [-0.4, -0.2) is 34.8 Å². The van der Waals surface area contributed by atoms with Crippen LogP contribution < -0.4 is 5.32 Å². The molecule has 0 unspecified atom stereocenters. The summed E-state index contributed by atoms with van der Waals surface area (Å²) in [4.78, 5) is 30.2. The van der Waals surface area contributed by atoms with E-state index in [9.17, 15) is 9.59 Å². The second kappa shape index (κ2) is 5.73. The Labute approximate surface area is 127 Å². The predicted molar refractivity (Wildman–Crippen MR) is 84.4 cm³/mol. The number of ketones is 1. The number of nitrogens with one attached hydrogen (secondary N) is 1. The number of amidine groups is 1. The van der Waals surface area contributed by atoms with Gasteiger partial charge in [-0.25, -0.2) is 0 Å². The maximum absolute atomic E-state index is 12.2. The average Bonchev–Trinajstić information content (AvgIpc) is 3.04. The number of aliphatic imine (C=N–C) groups is 1. The molecule has 2 aliphatic rings. The van der Waals surface area contributed by atoms with Gasteiger partial charge in [0.25, 0.3) is 0 Å². The first-order valence-electron chi connectivity index (χ1n) is 6.72. The molecule has 0 saturated carbocycles. The first-order valence-corrected chi connectivity index (χ1v) is 7.60. The number of benzene rings is 1. The van der Waals surface area contributed by atoms with Gasteiger partial charge in [0.2, 0.25) is 5.91 Å². The summed E-state index contributed by atoms with van der Waals surface area (Å²) in [5.41, 5.74) is 2.06. The molecule has 1 aromatic carbocycles. The second-order valence-corrected chi connectivity index (χ2v) is 5.71. The van der Waals surface area contributed by atoms with Crippen LogP contribution in [0.2, 0.25) is 0 Å². The molecule has 2 heterocycles. The fourth-order valence-corrected chi connectivity index (χ4v) is 3.33. The summed E-state index contributed by atoms with van der Waals surface area (Å²) in [6, 6.07) is 7.05. The van der Waals surface area contributed by atoms with Crippen molar-refractivity contribution in [2.24, 2.45) is 4.99 Å². The van der Waals surface area contributed by atoms with Gasteiger partial charge in [0.15, 0.2) is 11.0 Å². The van der Waals surface area contributed by atoms with Crippen LogP contribution in [0.1, 0.15) is 23.7 Å².